The quantitative estimate of drug-likeness (QED) is 0.859. The Morgan fingerprint density at radius 3 is 3.00 bits per heavy atom. The van der Waals surface area contributed by atoms with Crippen molar-refractivity contribution < 1.29 is 4.79 Å². The summed E-state index contributed by atoms with van der Waals surface area (Å²) in [7, 11) is 1.96. The van der Waals surface area contributed by atoms with E-state index in [1.54, 1.807) is 11.3 Å². The standard InChI is InChI=1S/C18H24N4OS/c1-20-11-15(10-19-20)12-21-8-6-18(13-21)5-3-7-22(14-18)17(23)16-4-2-9-24-16/h2,4,9-11H,3,5-8,12-14H2,1H3/t18-/m1/s1. The number of aromatic nitrogens is 2. The van der Waals surface area contributed by atoms with Crippen molar-refractivity contribution in [1.82, 2.24) is 19.6 Å². The number of carbonyl (C=O) groups is 1. The zero-order valence-corrected chi connectivity index (χ0v) is 15.0. The Labute approximate surface area is 146 Å². The van der Waals surface area contributed by atoms with E-state index in [-0.39, 0.29) is 11.3 Å². The highest BCUT2D eigenvalue weighted by molar-refractivity contribution is 7.12. The van der Waals surface area contributed by atoms with E-state index in [0.29, 0.717) is 0 Å². The highest BCUT2D eigenvalue weighted by Gasteiger charge is 2.42. The van der Waals surface area contributed by atoms with E-state index in [2.05, 4.69) is 21.1 Å². The van der Waals surface area contributed by atoms with Crippen LogP contribution in [0, 0.1) is 5.41 Å². The first kappa shape index (κ1) is 15.8. The van der Waals surface area contributed by atoms with Crippen molar-refractivity contribution in [3.8, 4) is 0 Å². The van der Waals surface area contributed by atoms with Crippen LogP contribution < -0.4 is 0 Å². The molecule has 24 heavy (non-hydrogen) atoms. The number of carbonyl (C=O) groups excluding carboxylic acids is 1. The first-order chi connectivity index (χ1) is 11.6. The van der Waals surface area contributed by atoms with E-state index in [0.717, 1.165) is 44.0 Å². The molecular weight excluding hydrogens is 320 g/mol. The van der Waals surface area contributed by atoms with Crippen molar-refractivity contribution in [2.45, 2.75) is 25.8 Å². The third-order valence-corrected chi connectivity index (χ3v) is 6.22. The van der Waals surface area contributed by atoms with Crippen molar-refractivity contribution in [2.75, 3.05) is 26.2 Å². The van der Waals surface area contributed by atoms with Crippen LogP contribution >= 0.6 is 11.3 Å². The van der Waals surface area contributed by atoms with Crippen LogP contribution in [0.1, 0.15) is 34.5 Å². The molecule has 1 atom stereocenters. The second-order valence-electron chi connectivity index (χ2n) is 7.29. The topological polar surface area (TPSA) is 41.4 Å². The van der Waals surface area contributed by atoms with E-state index in [1.165, 1.54) is 18.4 Å². The zero-order valence-electron chi connectivity index (χ0n) is 14.1. The van der Waals surface area contributed by atoms with Crippen molar-refractivity contribution in [1.29, 1.82) is 0 Å². The van der Waals surface area contributed by atoms with Gasteiger partial charge in [0.25, 0.3) is 5.91 Å². The van der Waals surface area contributed by atoms with Crippen molar-refractivity contribution in [3.63, 3.8) is 0 Å². The average molecular weight is 344 g/mol. The van der Waals surface area contributed by atoms with Crippen LogP contribution in [0.5, 0.6) is 0 Å². The van der Waals surface area contributed by atoms with Crippen molar-refractivity contribution >= 4 is 17.2 Å². The number of likely N-dealkylation sites (tertiary alicyclic amines) is 2. The summed E-state index contributed by atoms with van der Waals surface area (Å²) < 4.78 is 1.86. The molecule has 128 valence electrons. The van der Waals surface area contributed by atoms with Gasteiger partial charge in [-0.1, -0.05) is 6.07 Å². The maximum atomic E-state index is 12.7. The summed E-state index contributed by atoms with van der Waals surface area (Å²) in [6.07, 6.45) is 7.61. The second-order valence-corrected chi connectivity index (χ2v) is 8.24. The highest BCUT2D eigenvalue weighted by Crippen LogP contribution is 2.39. The Hall–Kier alpha value is -1.66. The predicted octanol–water partition coefficient (Wildman–Crippen LogP) is 2.61. The highest BCUT2D eigenvalue weighted by atomic mass is 32.1. The first-order valence-corrected chi connectivity index (χ1v) is 9.54. The summed E-state index contributed by atoms with van der Waals surface area (Å²) in [5.41, 5.74) is 1.56. The molecule has 2 fully saturated rings. The monoisotopic (exact) mass is 344 g/mol. The zero-order chi connectivity index (χ0) is 16.6. The Kier molecular flexibility index (Phi) is 4.18. The van der Waals surface area contributed by atoms with Crippen LogP contribution in [0.2, 0.25) is 0 Å². The molecule has 1 spiro atoms. The van der Waals surface area contributed by atoms with Crippen LogP contribution in [0.25, 0.3) is 0 Å². The van der Waals surface area contributed by atoms with Gasteiger partial charge >= 0.3 is 0 Å². The van der Waals surface area contributed by atoms with Gasteiger partial charge in [0.15, 0.2) is 0 Å². The number of aryl methyl sites for hydroxylation is 1. The Bertz CT molecular complexity index is 710. The molecule has 0 aromatic carbocycles. The van der Waals surface area contributed by atoms with Crippen molar-refractivity contribution in [3.05, 3.63) is 40.3 Å². The fourth-order valence-electron chi connectivity index (χ4n) is 4.24. The van der Waals surface area contributed by atoms with Gasteiger partial charge in [-0.3, -0.25) is 14.4 Å². The summed E-state index contributed by atoms with van der Waals surface area (Å²) in [6.45, 7) is 4.99. The summed E-state index contributed by atoms with van der Waals surface area (Å²) in [4.78, 5) is 18.2. The minimum atomic E-state index is 0.217. The van der Waals surface area contributed by atoms with Crippen LogP contribution in [0.4, 0.5) is 0 Å². The molecule has 2 aromatic rings. The number of amides is 1. The molecule has 6 heteroatoms. The molecule has 2 aromatic heterocycles. The molecule has 2 saturated heterocycles. The summed E-state index contributed by atoms with van der Waals surface area (Å²) in [5, 5.41) is 6.25. The van der Waals surface area contributed by atoms with Gasteiger partial charge in [0, 0.05) is 50.4 Å². The lowest BCUT2D eigenvalue weighted by Crippen LogP contribution is -2.47. The van der Waals surface area contributed by atoms with Gasteiger partial charge < -0.3 is 4.90 Å². The number of thiophene rings is 1. The van der Waals surface area contributed by atoms with Gasteiger partial charge in [0.2, 0.25) is 0 Å². The lowest BCUT2D eigenvalue weighted by molar-refractivity contribution is 0.0531. The maximum Gasteiger partial charge on any atom is 0.263 e. The number of hydrogen-bond donors (Lipinski definition) is 0. The average Bonchev–Trinajstić information content (AvgIpc) is 3.30. The third-order valence-electron chi connectivity index (χ3n) is 5.36. The molecule has 2 aliphatic heterocycles. The van der Waals surface area contributed by atoms with Gasteiger partial charge in [-0.2, -0.15) is 5.10 Å². The Morgan fingerprint density at radius 2 is 2.25 bits per heavy atom. The normalized spacial score (nSPS) is 24.8. The number of nitrogens with zero attached hydrogens (tertiary/aromatic N) is 4. The first-order valence-electron chi connectivity index (χ1n) is 8.66. The number of piperidine rings is 1. The molecule has 0 unspecified atom stereocenters. The molecule has 0 bridgehead atoms. The van der Waals surface area contributed by atoms with E-state index in [4.69, 9.17) is 0 Å². The lowest BCUT2D eigenvalue weighted by Gasteiger charge is -2.40. The molecule has 4 heterocycles. The van der Waals surface area contributed by atoms with Crippen LogP contribution in [-0.2, 0) is 13.6 Å². The van der Waals surface area contributed by atoms with Gasteiger partial charge in [-0.15, -0.1) is 11.3 Å². The summed E-state index contributed by atoms with van der Waals surface area (Å²) in [5.74, 6) is 0.217. The second kappa shape index (κ2) is 6.33. The maximum absolute atomic E-state index is 12.7. The number of rotatable bonds is 3. The smallest absolute Gasteiger partial charge is 0.263 e. The Morgan fingerprint density at radius 1 is 1.33 bits per heavy atom. The Balaban J connectivity index is 1.41. The van der Waals surface area contributed by atoms with Gasteiger partial charge in [0.05, 0.1) is 11.1 Å². The minimum absolute atomic E-state index is 0.217. The molecule has 0 saturated carbocycles. The number of hydrogen-bond acceptors (Lipinski definition) is 4. The molecule has 5 nitrogen and oxygen atoms in total. The molecule has 2 aliphatic rings. The summed E-state index contributed by atoms with van der Waals surface area (Å²) >= 11 is 1.55. The summed E-state index contributed by atoms with van der Waals surface area (Å²) in [6, 6.07) is 3.90. The molecule has 1 amide bonds. The molecule has 0 N–H and O–H groups in total. The molecule has 0 radical (unpaired) electrons. The van der Waals surface area contributed by atoms with Crippen LogP contribution in [-0.4, -0.2) is 51.7 Å². The van der Waals surface area contributed by atoms with E-state index < -0.39 is 0 Å². The largest absolute Gasteiger partial charge is 0.337 e. The fourth-order valence-corrected chi connectivity index (χ4v) is 4.94. The van der Waals surface area contributed by atoms with Gasteiger partial charge in [0.1, 0.15) is 0 Å². The van der Waals surface area contributed by atoms with Gasteiger partial charge in [-0.05, 0) is 37.3 Å². The van der Waals surface area contributed by atoms with Crippen LogP contribution in [0.3, 0.4) is 0 Å². The molecule has 4 rings (SSSR count). The minimum Gasteiger partial charge on any atom is -0.337 e. The van der Waals surface area contributed by atoms with Crippen molar-refractivity contribution in [2.24, 2.45) is 12.5 Å². The lowest BCUT2D eigenvalue weighted by atomic mass is 9.79. The predicted molar refractivity (Wildman–Crippen MR) is 95.0 cm³/mol. The molecule has 0 aliphatic carbocycles. The third kappa shape index (κ3) is 3.13. The van der Waals surface area contributed by atoms with Gasteiger partial charge in [-0.25, -0.2) is 0 Å². The van der Waals surface area contributed by atoms with Crippen LogP contribution in [0.15, 0.2) is 29.9 Å². The van der Waals surface area contributed by atoms with E-state index in [9.17, 15) is 4.79 Å². The SMILES string of the molecule is Cn1cc(CN2CC[C@]3(CCCN(C(=O)c4cccs4)C3)C2)cn1. The fraction of sp³-hybridized carbons (Fsp3) is 0.556. The van der Waals surface area contributed by atoms with E-state index >= 15 is 0 Å². The molecular formula is C18H24N4OS. The van der Waals surface area contributed by atoms with E-state index in [1.807, 2.05) is 35.4 Å².